The Morgan fingerprint density at radius 1 is 0.461 bits per heavy atom. The van der Waals surface area contributed by atoms with Gasteiger partial charge >= 0.3 is 0 Å². The van der Waals surface area contributed by atoms with E-state index >= 15 is 0 Å². The largest absolute Gasteiger partial charge is 0.394 e. The van der Waals surface area contributed by atoms with Crippen LogP contribution in [0, 0.1) is 0 Å². The van der Waals surface area contributed by atoms with Gasteiger partial charge in [-0.05, 0) is 116 Å². The normalized spacial score (nSPS) is 20.0. The average molecular weight is 1050 g/mol. The first kappa shape index (κ1) is 69.8. The van der Waals surface area contributed by atoms with Crippen LogP contribution in [-0.2, 0) is 14.3 Å². The van der Waals surface area contributed by atoms with Gasteiger partial charge < -0.3 is 40.3 Å². The minimum Gasteiger partial charge on any atom is -0.394 e. The minimum atomic E-state index is -1.58. The van der Waals surface area contributed by atoms with Gasteiger partial charge in [0.2, 0.25) is 5.91 Å². The Labute approximate surface area is 463 Å². The number of unbranched alkanes of at least 4 members (excludes halogenated alkanes) is 14. The highest BCUT2D eigenvalue weighted by molar-refractivity contribution is 5.76. The number of aliphatic hydroxyl groups excluding tert-OH is 5. The van der Waals surface area contributed by atoms with Crippen molar-refractivity contribution in [2.24, 2.45) is 0 Å². The summed E-state index contributed by atoms with van der Waals surface area (Å²) >= 11 is 0. The van der Waals surface area contributed by atoms with Crippen molar-refractivity contribution < 1.29 is 39.8 Å². The van der Waals surface area contributed by atoms with Crippen LogP contribution in [0.25, 0.3) is 0 Å². The lowest BCUT2D eigenvalue weighted by Gasteiger charge is -2.40. The summed E-state index contributed by atoms with van der Waals surface area (Å²) in [5, 5.41) is 54.3. The molecule has 7 atom stereocenters. The fourth-order valence-electron chi connectivity index (χ4n) is 8.17. The van der Waals surface area contributed by atoms with Gasteiger partial charge in [0.25, 0.3) is 0 Å². The predicted molar refractivity (Wildman–Crippen MR) is 322 cm³/mol. The first-order valence-electron chi connectivity index (χ1n) is 29.7. The highest BCUT2D eigenvalue weighted by Gasteiger charge is 2.44. The van der Waals surface area contributed by atoms with Crippen LogP contribution in [-0.4, -0.2) is 87.5 Å². The third-order valence-electron chi connectivity index (χ3n) is 12.8. The maximum absolute atomic E-state index is 13.0. The summed E-state index contributed by atoms with van der Waals surface area (Å²) in [7, 11) is 0. The quantitative estimate of drug-likeness (QED) is 0.0261. The summed E-state index contributed by atoms with van der Waals surface area (Å²) in [6, 6.07) is -0.838. The zero-order valence-electron chi connectivity index (χ0n) is 47.4. The molecule has 0 aromatic heterocycles. The first-order valence-corrected chi connectivity index (χ1v) is 29.7. The third kappa shape index (κ3) is 42.9. The molecule has 0 spiro atoms. The van der Waals surface area contributed by atoms with E-state index in [0.29, 0.717) is 6.42 Å². The average Bonchev–Trinajstić information content (AvgIpc) is 3.42. The molecule has 1 fully saturated rings. The number of carbonyl (C=O) groups excluding carboxylic acids is 1. The van der Waals surface area contributed by atoms with Crippen LogP contribution in [0.1, 0.15) is 200 Å². The van der Waals surface area contributed by atoms with E-state index in [1.807, 2.05) is 6.08 Å². The van der Waals surface area contributed by atoms with Crippen molar-refractivity contribution >= 4 is 5.91 Å². The molecule has 7 unspecified atom stereocenters. The van der Waals surface area contributed by atoms with E-state index in [2.05, 4.69) is 165 Å². The lowest BCUT2D eigenvalue weighted by atomic mass is 9.99. The number of carbonyl (C=O) groups is 1. The van der Waals surface area contributed by atoms with E-state index in [0.717, 1.165) is 122 Å². The Morgan fingerprint density at radius 2 is 0.829 bits per heavy atom. The van der Waals surface area contributed by atoms with Crippen LogP contribution in [0.5, 0.6) is 0 Å². The van der Waals surface area contributed by atoms with Crippen molar-refractivity contribution in [1.82, 2.24) is 5.32 Å². The van der Waals surface area contributed by atoms with Crippen LogP contribution in [0.2, 0.25) is 0 Å². The topological polar surface area (TPSA) is 149 Å². The van der Waals surface area contributed by atoms with Gasteiger partial charge in [-0.2, -0.15) is 0 Å². The van der Waals surface area contributed by atoms with Gasteiger partial charge in [-0.3, -0.25) is 4.79 Å². The van der Waals surface area contributed by atoms with Gasteiger partial charge in [0, 0.05) is 6.42 Å². The third-order valence-corrected chi connectivity index (χ3v) is 12.8. The molecule has 0 aromatic rings. The van der Waals surface area contributed by atoms with Gasteiger partial charge in [-0.1, -0.05) is 236 Å². The van der Waals surface area contributed by atoms with Crippen molar-refractivity contribution in [1.29, 1.82) is 0 Å². The zero-order chi connectivity index (χ0) is 55.0. The van der Waals surface area contributed by atoms with Crippen molar-refractivity contribution in [2.45, 2.75) is 243 Å². The Kier molecular flexibility index (Phi) is 49.8. The number of amides is 1. The fourth-order valence-corrected chi connectivity index (χ4v) is 8.17. The van der Waals surface area contributed by atoms with Crippen LogP contribution in [0.4, 0.5) is 0 Å². The highest BCUT2D eigenvalue weighted by atomic mass is 16.7. The van der Waals surface area contributed by atoms with Gasteiger partial charge in [0.15, 0.2) is 6.29 Å². The van der Waals surface area contributed by atoms with E-state index in [1.165, 1.54) is 57.8 Å². The van der Waals surface area contributed by atoms with E-state index in [1.54, 1.807) is 6.08 Å². The number of hydrogen-bond acceptors (Lipinski definition) is 8. The van der Waals surface area contributed by atoms with Crippen molar-refractivity contribution in [2.75, 3.05) is 13.2 Å². The number of rotatable bonds is 48. The fraction of sp³-hybridized carbons (Fsp3) is 0.597. The molecule has 76 heavy (non-hydrogen) atoms. The molecule has 1 aliphatic rings. The highest BCUT2D eigenvalue weighted by Crippen LogP contribution is 2.22. The monoisotopic (exact) mass is 1050 g/mol. The Bertz CT molecular complexity index is 1740. The molecule has 1 saturated heterocycles. The number of nitrogens with one attached hydrogen (secondary N) is 1. The standard InChI is InChI=1S/C67H107NO8/c1-3-5-7-9-11-13-15-17-18-19-20-21-22-23-24-25-26-27-28-29-30-31-32-33-34-35-36-37-38-39-40-41-42-43-44-45-47-49-51-53-55-57-63(71)68-60(59-75-67-66(74)65(73)64(72)62(58-69)76-67)61(70)56-54-52-50-48-46-16-14-12-10-8-6-4-2/h5,7,11,13,17-18,20-21,23-24,26-27,29-30,32-33,35-36,38-39,41-42,46,48,54,56,60-62,64-67,69-70,72-74H,3-4,6,8-10,12,14-16,19,22,25,28,31,34,37,40,43-45,47,49-53,55,57-59H2,1-2H3,(H,68,71)/b7-5-,13-11-,18-17-,21-20-,24-23-,27-26-,30-29-,33-32-,36-35-,39-38-,42-41-,48-46+,56-54+. The van der Waals surface area contributed by atoms with E-state index in [4.69, 9.17) is 9.47 Å². The molecule has 0 radical (unpaired) electrons. The van der Waals surface area contributed by atoms with Crippen molar-refractivity contribution in [3.05, 3.63) is 158 Å². The maximum Gasteiger partial charge on any atom is 0.220 e. The van der Waals surface area contributed by atoms with Gasteiger partial charge in [0.05, 0.1) is 25.4 Å². The molecule has 1 aliphatic heterocycles. The number of aliphatic hydroxyl groups is 5. The summed E-state index contributed by atoms with van der Waals surface area (Å²) in [5.41, 5.74) is 0. The lowest BCUT2D eigenvalue weighted by molar-refractivity contribution is -0.302. The molecular weight excluding hydrogens is 947 g/mol. The molecule has 0 bridgehead atoms. The lowest BCUT2D eigenvalue weighted by Crippen LogP contribution is -2.60. The second-order valence-electron chi connectivity index (χ2n) is 19.7. The Balaban J connectivity index is 2.17. The molecule has 1 heterocycles. The van der Waals surface area contributed by atoms with E-state index < -0.39 is 49.5 Å². The van der Waals surface area contributed by atoms with Crippen LogP contribution < -0.4 is 5.32 Å². The number of allylic oxidation sites excluding steroid dienone is 25. The second-order valence-corrected chi connectivity index (χ2v) is 19.7. The van der Waals surface area contributed by atoms with Gasteiger partial charge in [0.1, 0.15) is 24.4 Å². The first-order chi connectivity index (χ1) is 37.3. The minimum absolute atomic E-state index is 0.207. The van der Waals surface area contributed by atoms with Gasteiger partial charge in [-0.15, -0.1) is 0 Å². The Morgan fingerprint density at radius 3 is 1.26 bits per heavy atom. The summed E-state index contributed by atoms with van der Waals surface area (Å²) in [4.78, 5) is 13.0. The van der Waals surface area contributed by atoms with Gasteiger partial charge in [-0.25, -0.2) is 0 Å². The molecule has 0 aromatic carbocycles. The second kappa shape index (κ2) is 54.2. The summed E-state index contributed by atoms with van der Waals surface area (Å²) in [6.45, 7) is 3.60. The molecule has 0 saturated carbocycles. The zero-order valence-corrected chi connectivity index (χ0v) is 47.4. The van der Waals surface area contributed by atoms with Crippen LogP contribution >= 0.6 is 0 Å². The summed E-state index contributed by atoms with van der Waals surface area (Å²) in [6.07, 6.45) is 78.9. The van der Waals surface area contributed by atoms with Crippen LogP contribution in [0.3, 0.4) is 0 Å². The van der Waals surface area contributed by atoms with Crippen molar-refractivity contribution in [3.63, 3.8) is 0 Å². The smallest absolute Gasteiger partial charge is 0.220 e. The molecule has 0 aliphatic carbocycles. The molecule has 1 rings (SSSR count). The van der Waals surface area contributed by atoms with E-state index in [9.17, 15) is 30.3 Å². The number of ether oxygens (including phenoxy) is 2. The summed E-state index contributed by atoms with van der Waals surface area (Å²) < 4.78 is 11.2. The van der Waals surface area contributed by atoms with Crippen molar-refractivity contribution in [3.8, 4) is 0 Å². The Hall–Kier alpha value is -4.19. The molecule has 6 N–H and O–H groups in total. The molecule has 9 heteroatoms. The van der Waals surface area contributed by atoms with E-state index in [-0.39, 0.29) is 12.5 Å². The van der Waals surface area contributed by atoms with Crippen LogP contribution in [0.15, 0.2) is 158 Å². The molecule has 428 valence electrons. The predicted octanol–water partition coefficient (Wildman–Crippen LogP) is 15.2. The number of hydrogen-bond donors (Lipinski definition) is 6. The summed E-state index contributed by atoms with van der Waals surface area (Å²) in [5.74, 6) is -0.207. The molecular formula is C67H107NO8. The maximum atomic E-state index is 13.0. The molecule has 1 amide bonds. The SMILES string of the molecule is CC/C=C\C/C=C\C/C=C\C/C=C\C/C=C\C/C=C\C/C=C\C/C=C\C/C=C\C/C=C\C/C=C\CCCCCCCCCC(=O)NC(COC1OC(CO)C(O)C(O)C1O)C(O)/C=C/CC/C=C/CCCCCCCC. The molecule has 9 nitrogen and oxygen atoms in total.